The lowest BCUT2D eigenvalue weighted by Gasteiger charge is -2.37. The van der Waals surface area contributed by atoms with E-state index in [1.165, 1.54) is 5.56 Å². The molecule has 0 bridgehead atoms. The average Bonchev–Trinajstić information content (AvgIpc) is 2.47. The lowest BCUT2D eigenvalue weighted by molar-refractivity contribution is 0.0930. The van der Waals surface area contributed by atoms with Crippen LogP contribution in [0.4, 0.5) is 5.69 Å². The van der Waals surface area contributed by atoms with Crippen molar-refractivity contribution < 1.29 is 4.74 Å². The molecule has 2 unspecified atom stereocenters. The quantitative estimate of drug-likeness (QED) is 0.906. The summed E-state index contributed by atoms with van der Waals surface area (Å²) in [4.78, 5) is 2.37. The van der Waals surface area contributed by atoms with Gasteiger partial charge in [-0.3, -0.25) is 0 Å². The summed E-state index contributed by atoms with van der Waals surface area (Å²) in [6.07, 6.45) is 2.94. The molecule has 0 spiro atoms. The maximum absolute atomic E-state index is 6.49. The lowest BCUT2D eigenvalue weighted by atomic mass is 10.0. The second-order valence-electron chi connectivity index (χ2n) is 5.49. The van der Waals surface area contributed by atoms with Gasteiger partial charge in [0.1, 0.15) is 0 Å². The van der Waals surface area contributed by atoms with Gasteiger partial charge in [0.25, 0.3) is 0 Å². The van der Waals surface area contributed by atoms with Crippen molar-refractivity contribution in [3.8, 4) is 0 Å². The number of nitrogens with zero attached hydrogens (tertiary/aromatic N) is 1. The van der Waals surface area contributed by atoms with Crippen LogP contribution in [0.25, 0.3) is 0 Å². The van der Waals surface area contributed by atoms with Gasteiger partial charge in [0.05, 0.1) is 30.0 Å². The number of anilines is 1. The van der Waals surface area contributed by atoms with E-state index in [0.717, 1.165) is 49.7 Å². The molecule has 0 amide bonds. The normalized spacial score (nSPS) is 21.0. The zero-order chi connectivity index (χ0) is 14.5. The van der Waals surface area contributed by atoms with Crippen LogP contribution < -0.4 is 10.6 Å². The van der Waals surface area contributed by atoms with Crippen molar-refractivity contribution in [3.63, 3.8) is 0 Å². The van der Waals surface area contributed by atoms with Crippen LogP contribution in [0, 0.1) is 0 Å². The van der Waals surface area contributed by atoms with Crippen LogP contribution in [0.5, 0.6) is 0 Å². The molecule has 20 heavy (non-hydrogen) atoms. The summed E-state index contributed by atoms with van der Waals surface area (Å²) in [7, 11) is 0. The maximum atomic E-state index is 6.49. The fourth-order valence-corrected chi connectivity index (χ4v) is 2.98. The highest BCUT2D eigenvalue weighted by Crippen LogP contribution is 2.30. The van der Waals surface area contributed by atoms with Gasteiger partial charge in [-0.25, -0.2) is 0 Å². The van der Waals surface area contributed by atoms with Crippen molar-refractivity contribution in [2.45, 2.75) is 45.2 Å². The predicted octanol–water partition coefficient (Wildman–Crippen LogP) is 3.24. The molecule has 0 radical (unpaired) electrons. The first kappa shape index (κ1) is 15.6. The number of hydrogen-bond acceptors (Lipinski definition) is 3. The Hall–Kier alpha value is -0.770. The number of benzene rings is 1. The Morgan fingerprint density at radius 2 is 2.25 bits per heavy atom. The standard InChI is InChI=1S/C16H25ClN2O/c1-3-13(18)9-12-5-6-16(15(17)10-12)19-7-8-20-11-14(19)4-2/h5-6,10,13-14H,3-4,7-9,11,18H2,1-2H3. The van der Waals surface area contributed by atoms with Crippen molar-refractivity contribution in [2.24, 2.45) is 5.73 Å². The van der Waals surface area contributed by atoms with Crippen molar-refractivity contribution in [1.29, 1.82) is 0 Å². The molecular formula is C16H25ClN2O. The molecule has 1 aliphatic heterocycles. The molecule has 2 rings (SSSR count). The molecule has 1 aromatic rings. The van der Waals surface area contributed by atoms with E-state index in [9.17, 15) is 0 Å². The van der Waals surface area contributed by atoms with E-state index in [-0.39, 0.29) is 6.04 Å². The second kappa shape index (κ2) is 7.30. The summed E-state index contributed by atoms with van der Waals surface area (Å²) < 4.78 is 5.55. The molecule has 0 saturated carbocycles. The Morgan fingerprint density at radius 3 is 2.90 bits per heavy atom. The number of morpholine rings is 1. The van der Waals surface area contributed by atoms with Crippen LogP contribution >= 0.6 is 11.6 Å². The Labute approximate surface area is 127 Å². The lowest BCUT2D eigenvalue weighted by Crippen LogP contribution is -2.45. The summed E-state index contributed by atoms with van der Waals surface area (Å²) in [5.74, 6) is 0. The molecule has 2 atom stereocenters. The fraction of sp³-hybridized carbons (Fsp3) is 0.625. The van der Waals surface area contributed by atoms with Crippen LogP contribution in [0.2, 0.25) is 5.02 Å². The van der Waals surface area contributed by atoms with E-state index in [1.54, 1.807) is 0 Å². The molecule has 3 nitrogen and oxygen atoms in total. The first-order chi connectivity index (χ1) is 9.65. The van der Waals surface area contributed by atoms with Crippen LogP contribution in [0.1, 0.15) is 32.3 Å². The first-order valence-electron chi connectivity index (χ1n) is 7.54. The molecule has 112 valence electrons. The van der Waals surface area contributed by atoms with Crippen molar-refractivity contribution in [1.82, 2.24) is 0 Å². The molecule has 1 aliphatic rings. The summed E-state index contributed by atoms with van der Waals surface area (Å²) in [6.45, 7) is 6.77. The van der Waals surface area contributed by atoms with Crippen molar-refractivity contribution >= 4 is 17.3 Å². The monoisotopic (exact) mass is 296 g/mol. The summed E-state index contributed by atoms with van der Waals surface area (Å²) in [5.41, 5.74) is 8.35. The molecule has 0 aromatic heterocycles. The van der Waals surface area contributed by atoms with Gasteiger partial charge in [-0.15, -0.1) is 0 Å². The molecular weight excluding hydrogens is 272 g/mol. The number of hydrogen-bond donors (Lipinski definition) is 1. The van der Waals surface area contributed by atoms with Crippen LogP contribution in [-0.4, -0.2) is 31.8 Å². The molecule has 1 aromatic carbocycles. The van der Waals surface area contributed by atoms with E-state index in [4.69, 9.17) is 22.1 Å². The number of nitrogens with two attached hydrogens (primary N) is 1. The molecule has 1 heterocycles. The van der Waals surface area contributed by atoms with Crippen LogP contribution in [0.3, 0.4) is 0 Å². The molecule has 4 heteroatoms. The minimum atomic E-state index is 0.212. The third kappa shape index (κ3) is 3.66. The highest BCUT2D eigenvalue weighted by molar-refractivity contribution is 6.33. The van der Waals surface area contributed by atoms with E-state index in [1.807, 2.05) is 0 Å². The SMILES string of the molecule is CCC(N)Cc1ccc(N2CCOCC2CC)c(Cl)c1. The fourth-order valence-electron chi connectivity index (χ4n) is 2.67. The van der Waals surface area contributed by atoms with Gasteiger partial charge in [-0.1, -0.05) is 31.5 Å². The molecule has 0 aliphatic carbocycles. The van der Waals surface area contributed by atoms with E-state index < -0.39 is 0 Å². The van der Waals surface area contributed by atoms with Gasteiger partial charge in [-0.05, 0) is 37.0 Å². The average molecular weight is 297 g/mol. The van der Waals surface area contributed by atoms with E-state index in [0.29, 0.717) is 6.04 Å². The first-order valence-corrected chi connectivity index (χ1v) is 7.91. The van der Waals surface area contributed by atoms with Gasteiger partial charge in [0.2, 0.25) is 0 Å². The molecule has 1 saturated heterocycles. The third-order valence-electron chi connectivity index (χ3n) is 4.04. The van der Waals surface area contributed by atoms with Gasteiger partial charge in [0, 0.05) is 12.6 Å². The minimum Gasteiger partial charge on any atom is -0.377 e. The van der Waals surface area contributed by atoms with E-state index in [2.05, 4.69) is 36.9 Å². The van der Waals surface area contributed by atoms with Crippen LogP contribution in [-0.2, 0) is 11.2 Å². The second-order valence-corrected chi connectivity index (χ2v) is 5.90. The van der Waals surface area contributed by atoms with E-state index >= 15 is 0 Å². The maximum Gasteiger partial charge on any atom is 0.0670 e. The van der Waals surface area contributed by atoms with Gasteiger partial charge < -0.3 is 15.4 Å². The third-order valence-corrected chi connectivity index (χ3v) is 4.35. The smallest absolute Gasteiger partial charge is 0.0670 e. The Balaban J connectivity index is 2.16. The van der Waals surface area contributed by atoms with Gasteiger partial charge in [0.15, 0.2) is 0 Å². The largest absolute Gasteiger partial charge is 0.377 e. The zero-order valence-electron chi connectivity index (χ0n) is 12.4. The minimum absolute atomic E-state index is 0.212. The topological polar surface area (TPSA) is 38.5 Å². The zero-order valence-corrected chi connectivity index (χ0v) is 13.2. The predicted molar refractivity (Wildman–Crippen MR) is 85.7 cm³/mol. The summed E-state index contributed by atoms with van der Waals surface area (Å²) in [6, 6.07) is 6.98. The Morgan fingerprint density at radius 1 is 1.45 bits per heavy atom. The van der Waals surface area contributed by atoms with Gasteiger partial charge in [-0.2, -0.15) is 0 Å². The Kier molecular flexibility index (Phi) is 5.70. The van der Waals surface area contributed by atoms with Crippen molar-refractivity contribution in [2.75, 3.05) is 24.7 Å². The number of halogens is 1. The van der Waals surface area contributed by atoms with Crippen molar-refractivity contribution in [3.05, 3.63) is 28.8 Å². The molecule has 2 N–H and O–H groups in total. The molecule has 1 fully saturated rings. The summed E-state index contributed by atoms with van der Waals surface area (Å²) >= 11 is 6.49. The van der Waals surface area contributed by atoms with Gasteiger partial charge >= 0.3 is 0 Å². The number of ether oxygens (including phenoxy) is 1. The summed E-state index contributed by atoms with van der Waals surface area (Å²) in [5, 5.41) is 0.825. The Bertz CT molecular complexity index is 438. The highest BCUT2D eigenvalue weighted by Gasteiger charge is 2.23. The highest BCUT2D eigenvalue weighted by atomic mass is 35.5. The number of rotatable bonds is 5. The van der Waals surface area contributed by atoms with Crippen LogP contribution in [0.15, 0.2) is 18.2 Å².